The molecule has 0 aromatic carbocycles. The zero-order chi connectivity index (χ0) is 20.6. The number of allylic oxidation sites excluding steroid dienone is 2. The van der Waals surface area contributed by atoms with Gasteiger partial charge in [-0.25, -0.2) is 0 Å². The molecule has 0 radical (unpaired) electrons. The fourth-order valence-electron chi connectivity index (χ4n) is 8.66. The zero-order valence-corrected chi connectivity index (χ0v) is 18.7. The van der Waals surface area contributed by atoms with Gasteiger partial charge in [0.15, 0.2) is 5.79 Å². The Morgan fingerprint density at radius 2 is 1.76 bits per heavy atom. The Bertz CT molecular complexity index is 772. The molecular formula is C24H37N3O2. The third-order valence-corrected chi connectivity index (χ3v) is 9.92. The van der Waals surface area contributed by atoms with Gasteiger partial charge < -0.3 is 9.47 Å². The van der Waals surface area contributed by atoms with Crippen molar-refractivity contribution >= 4 is 0 Å². The number of hydrogen-bond acceptors (Lipinski definition) is 3. The van der Waals surface area contributed by atoms with Crippen molar-refractivity contribution in [2.24, 2.45) is 39.6 Å². The Morgan fingerprint density at radius 3 is 2.48 bits per heavy atom. The molecule has 29 heavy (non-hydrogen) atoms. The average Bonchev–Trinajstić information content (AvgIpc) is 3.18. The molecule has 0 spiro atoms. The molecule has 1 saturated heterocycles. The van der Waals surface area contributed by atoms with Crippen molar-refractivity contribution in [1.82, 2.24) is 0 Å². The van der Waals surface area contributed by atoms with Gasteiger partial charge in [0.1, 0.15) is 0 Å². The van der Waals surface area contributed by atoms with Crippen LogP contribution in [0.1, 0.15) is 79.6 Å². The Hall–Kier alpha value is -1.03. The topological polar surface area (TPSA) is 67.2 Å². The van der Waals surface area contributed by atoms with E-state index in [4.69, 9.17) is 15.0 Å². The summed E-state index contributed by atoms with van der Waals surface area (Å²) < 4.78 is 13.3. The lowest BCUT2D eigenvalue weighted by molar-refractivity contribution is -0.173. The highest BCUT2D eigenvalue weighted by atomic mass is 16.8. The van der Waals surface area contributed by atoms with Crippen molar-refractivity contribution in [3.8, 4) is 0 Å². The molecule has 9 atom stereocenters. The van der Waals surface area contributed by atoms with Crippen molar-refractivity contribution in [3.63, 3.8) is 0 Å². The fourth-order valence-corrected chi connectivity index (χ4v) is 8.66. The molecule has 4 unspecified atom stereocenters. The lowest BCUT2D eigenvalue weighted by atomic mass is 9.43. The van der Waals surface area contributed by atoms with Gasteiger partial charge in [-0.1, -0.05) is 30.6 Å². The smallest absolute Gasteiger partial charge is 0.163 e. The first-order valence-corrected chi connectivity index (χ1v) is 11.8. The first-order chi connectivity index (χ1) is 13.7. The van der Waals surface area contributed by atoms with Crippen molar-refractivity contribution in [3.05, 3.63) is 22.1 Å². The summed E-state index contributed by atoms with van der Waals surface area (Å²) in [6.07, 6.45) is 11.0. The highest BCUT2D eigenvalue weighted by molar-refractivity contribution is 5.25. The number of ether oxygens (including phenoxy) is 2. The molecule has 4 saturated carbocycles. The maximum Gasteiger partial charge on any atom is 0.163 e. The molecular weight excluding hydrogens is 362 g/mol. The summed E-state index contributed by atoms with van der Waals surface area (Å²) in [7, 11) is 0. The summed E-state index contributed by atoms with van der Waals surface area (Å²) in [5.41, 5.74) is 11.3. The Kier molecular flexibility index (Phi) is 4.45. The maximum atomic E-state index is 9.01. The second kappa shape index (κ2) is 6.48. The van der Waals surface area contributed by atoms with Gasteiger partial charge in [-0.2, -0.15) is 0 Å². The van der Waals surface area contributed by atoms with Crippen LogP contribution < -0.4 is 0 Å². The van der Waals surface area contributed by atoms with E-state index in [1.54, 1.807) is 5.57 Å². The summed E-state index contributed by atoms with van der Waals surface area (Å²) in [6.45, 7) is 11.4. The fraction of sp³-hybridized carbons (Fsp3) is 0.917. The maximum absolute atomic E-state index is 9.01. The quantitative estimate of drug-likeness (QED) is 0.222. The van der Waals surface area contributed by atoms with Crippen LogP contribution in [0.3, 0.4) is 0 Å². The highest BCUT2D eigenvalue weighted by Gasteiger charge is 2.67. The molecule has 5 nitrogen and oxygen atoms in total. The molecule has 0 bridgehead atoms. The largest absolute Gasteiger partial charge is 0.344 e. The van der Waals surface area contributed by atoms with Crippen LogP contribution in [-0.4, -0.2) is 24.0 Å². The second-order valence-electron chi connectivity index (χ2n) is 11.4. The van der Waals surface area contributed by atoms with Gasteiger partial charge in [-0.15, -0.1) is 0 Å². The standard InChI is InChI=1S/C24H37N3O2/c1-6-14-7-8-16-19-17(10-12-23(14,16)4)24(5)11-9-15(26-27-25)13-18(24)20-21(19)29-22(2,3)28-20/h6,15-21H,7-13H2,1-5H3/b14-6+/t15-,16?,17?,18?,19?,20-,21-,23-,24-/m1/s1. The molecule has 1 heterocycles. The first-order valence-electron chi connectivity index (χ1n) is 11.8. The number of nitrogens with zero attached hydrogens (tertiary/aromatic N) is 3. The van der Waals surface area contributed by atoms with Gasteiger partial charge in [0.2, 0.25) is 0 Å². The summed E-state index contributed by atoms with van der Waals surface area (Å²) in [4.78, 5) is 3.13. The molecule has 0 aromatic rings. The van der Waals surface area contributed by atoms with Crippen LogP contribution in [0.15, 0.2) is 16.8 Å². The minimum atomic E-state index is -0.521. The zero-order valence-electron chi connectivity index (χ0n) is 18.7. The molecule has 1 aliphatic heterocycles. The van der Waals surface area contributed by atoms with E-state index in [0.717, 1.165) is 19.3 Å². The Labute approximate surface area is 175 Å². The van der Waals surface area contributed by atoms with Crippen LogP contribution in [-0.2, 0) is 9.47 Å². The SMILES string of the molecule is C/C=C1\CCC2C3C(CC[C@]12C)[C@@]1(C)CC[C@@H](N=[N+]=[N-])CC1[C@H]1OC(C)(C)O[C@H]31. The van der Waals surface area contributed by atoms with Gasteiger partial charge >= 0.3 is 0 Å². The van der Waals surface area contributed by atoms with Gasteiger partial charge in [-0.05, 0) is 106 Å². The average molecular weight is 400 g/mol. The van der Waals surface area contributed by atoms with E-state index in [2.05, 4.69) is 50.7 Å². The molecule has 5 heteroatoms. The minimum absolute atomic E-state index is 0.109. The van der Waals surface area contributed by atoms with Crippen molar-refractivity contribution in [1.29, 1.82) is 0 Å². The molecule has 160 valence electrons. The van der Waals surface area contributed by atoms with E-state index in [9.17, 15) is 0 Å². The Balaban J connectivity index is 1.57. The van der Waals surface area contributed by atoms with E-state index in [1.807, 2.05) is 0 Å². The van der Waals surface area contributed by atoms with E-state index in [1.165, 1.54) is 25.7 Å². The van der Waals surface area contributed by atoms with Crippen LogP contribution >= 0.6 is 0 Å². The summed E-state index contributed by atoms with van der Waals surface area (Å²) in [5.74, 6) is 1.87. The van der Waals surface area contributed by atoms with Crippen molar-refractivity contribution < 1.29 is 9.47 Å². The lowest BCUT2D eigenvalue weighted by Gasteiger charge is -2.63. The van der Waals surface area contributed by atoms with Crippen LogP contribution in [0.4, 0.5) is 0 Å². The third kappa shape index (κ3) is 2.70. The van der Waals surface area contributed by atoms with Crippen LogP contribution in [0, 0.1) is 34.5 Å². The van der Waals surface area contributed by atoms with E-state index >= 15 is 0 Å². The number of hydrogen-bond donors (Lipinski definition) is 0. The number of fused-ring (bicyclic) bond motifs is 8. The first kappa shape index (κ1) is 19.9. The molecule has 5 fully saturated rings. The van der Waals surface area contributed by atoms with Crippen molar-refractivity contribution in [2.45, 2.75) is 104 Å². The molecule has 5 rings (SSSR count). The molecule has 4 aliphatic carbocycles. The van der Waals surface area contributed by atoms with E-state index in [0.29, 0.717) is 29.1 Å². The molecule has 0 N–H and O–H groups in total. The number of rotatable bonds is 1. The predicted octanol–water partition coefficient (Wildman–Crippen LogP) is 6.39. The van der Waals surface area contributed by atoms with Crippen LogP contribution in [0.5, 0.6) is 0 Å². The summed E-state index contributed by atoms with van der Waals surface area (Å²) >= 11 is 0. The number of azide groups is 1. The van der Waals surface area contributed by atoms with Gasteiger partial charge in [0, 0.05) is 11.0 Å². The van der Waals surface area contributed by atoms with E-state index in [-0.39, 0.29) is 23.7 Å². The summed E-state index contributed by atoms with van der Waals surface area (Å²) in [6, 6.07) is 0.109. The lowest BCUT2D eigenvalue weighted by Crippen LogP contribution is -2.63. The third-order valence-electron chi connectivity index (χ3n) is 9.92. The molecule has 0 amide bonds. The van der Waals surface area contributed by atoms with Gasteiger partial charge in [0.05, 0.1) is 12.2 Å². The second-order valence-corrected chi connectivity index (χ2v) is 11.4. The Morgan fingerprint density at radius 1 is 1.00 bits per heavy atom. The minimum Gasteiger partial charge on any atom is -0.344 e. The van der Waals surface area contributed by atoms with Crippen LogP contribution in [0.25, 0.3) is 10.4 Å². The molecule has 5 aliphatic rings. The van der Waals surface area contributed by atoms with Gasteiger partial charge in [0.25, 0.3) is 0 Å². The monoisotopic (exact) mass is 399 g/mol. The van der Waals surface area contributed by atoms with Gasteiger partial charge in [-0.3, -0.25) is 0 Å². The molecule has 0 aromatic heterocycles. The summed E-state index contributed by atoms with van der Waals surface area (Å²) in [5, 5.41) is 4.12. The van der Waals surface area contributed by atoms with E-state index < -0.39 is 5.79 Å². The van der Waals surface area contributed by atoms with Crippen molar-refractivity contribution in [2.75, 3.05) is 0 Å². The predicted molar refractivity (Wildman–Crippen MR) is 113 cm³/mol. The highest BCUT2D eigenvalue weighted by Crippen LogP contribution is 2.69. The van der Waals surface area contributed by atoms with Crippen LogP contribution in [0.2, 0.25) is 0 Å². The normalized spacial score (nSPS) is 54.1.